The molecule has 0 N–H and O–H groups in total. The maximum Gasteiger partial charge on any atom is 0.251 e. The first-order valence-corrected chi connectivity index (χ1v) is 6.46. The molecule has 0 unspecified atom stereocenters. The second-order valence-corrected chi connectivity index (χ2v) is 4.81. The molecular formula is C14H17N3O2. The van der Waals surface area contributed by atoms with Crippen LogP contribution < -0.4 is 5.56 Å². The SMILES string of the molecule is CN(CCC#N)C(=O)Cn1c2c(ccc1=O)CCC2. The summed E-state index contributed by atoms with van der Waals surface area (Å²) in [5.41, 5.74) is 2.05. The van der Waals surface area contributed by atoms with Crippen LogP contribution in [0.3, 0.4) is 0 Å². The van der Waals surface area contributed by atoms with Crippen molar-refractivity contribution in [2.45, 2.75) is 32.2 Å². The summed E-state index contributed by atoms with van der Waals surface area (Å²) in [5.74, 6) is -0.127. The number of nitrogens with zero attached hydrogens (tertiary/aromatic N) is 3. The Hall–Kier alpha value is -2.09. The minimum atomic E-state index is -0.127. The average Bonchev–Trinajstić information content (AvgIpc) is 2.87. The zero-order chi connectivity index (χ0) is 13.8. The van der Waals surface area contributed by atoms with E-state index in [1.54, 1.807) is 11.6 Å². The molecule has 0 bridgehead atoms. The van der Waals surface area contributed by atoms with Crippen LogP contribution in [0.4, 0.5) is 0 Å². The molecule has 1 aliphatic rings. The van der Waals surface area contributed by atoms with Gasteiger partial charge in [0.25, 0.3) is 5.56 Å². The number of nitriles is 1. The number of aryl methyl sites for hydroxylation is 1. The smallest absolute Gasteiger partial charge is 0.251 e. The highest BCUT2D eigenvalue weighted by molar-refractivity contribution is 5.75. The van der Waals surface area contributed by atoms with Crippen molar-refractivity contribution in [2.75, 3.05) is 13.6 Å². The Labute approximate surface area is 112 Å². The Morgan fingerprint density at radius 2 is 2.26 bits per heavy atom. The van der Waals surface area contributed by atoms with E-state index in [9.17, 15) is 9.59 Å². The summed E-state index contributed by atoms with van der Waals surface area (Å²) in [6, 6.07) is 5.41. The monoisotopic (exact) mass is 259 g/mol. The molecule has 0 saturated carbocycles. The number of pyridine rings is 1. The zero-order valence-electron chi connectivity index (χ0n) is 11.1. The maximum absolute atomic E-state index is 12.0. The predicted octanol–water partition coefficient (Wildman–Crippen LogP) is 0.709. The lowest BCUT2D eigenvalue weighted by atomic mass is 10.2. The maximum atomic E-state index is 12.0. The highest BCUT2D eigenvalue weighted by atomic mass is 16.2. The lowest BCUT2D eigenvalue weighted by molar-refractivity contribution is -0.130. The van der Waals surface area contributed by atoms with Gasteiger partial charge in [-0.1, -0.05) is 6.07 Å². The number of carbonyl (C=O) groups excluding carboxylic acids is 1. The fraction of sp³-hybridized carbons (Fsp3) is 0.500. The van der Waals surface area contributed by atoms with Crippen LogP contribution >= 0.6 is 0 Å². The van der Waals surface area contributed by atoms with E-state index in [-0.39, 0.29) is 18.0 Å². The summed E-state index contributed by atoms with van der Waals surface area (Å²) >= 11 is 0. The van der Waals surface area contributed by atoms with E-state index in [0.717, 1.165) is 25.0 Å². The van der Waals surface area contributed by atoms with Crippen molar-refractivity contribution in [3.05, 3.63) is 33.7 Å². The molecule has 0 radical (unpaired) electrons. The topological polar surface area (TPSA) is 66.1 Å². The van der Waals surface area contributed by atoms with Gasteiger partial charge in [-0.15, -0.1) is 0 Å². The van der Waals surface area contributed by atoms with Crippen LogP contribution in [-0.2, 0) is 24.2 Å². The van der Waals surface area contributed by atoms with E-state index >= 15 is 0 Å². The van der Waals surface area contributed by atoms with E-state index in [2.05, 4.69) is 0 Å². The number of likely N-dealkylation sites (N-methyl/N-ethyl adjacent to an activating group) is 1. The summed E-state index contributed by atoms with van der Waals surface area (Å²) in [4.78, 5) is 25.4. The minimum absolute atomic E-state index is 0.0733. The van der Waals surface area contributed by atoms with Crippen molar-refractivity contribution < 1.29 is 4.79 Å². The number of carbonyl (C=O) groups is 1. The molecule has 0 atom stereocenters. The molecule has 1 aromatic rings. The summed E-state index contributed by atoms with van der Waals surface area (Å²) in [7, 11) is 1.66. The minimum Gasteiger partial charge on any atom is -0.343 e. The Balaban J connectivity index is 2.16. The van der Waals surface area contributed by atoms with Gasteiger partial charge in [0.1, 0.15) is 6.54 Å². The first kappa shape index (κ1) is 13.3. The zero-order valence-corrected chi connectivity index (χ0v) is 11.1. The normalized spacial score (nSPS) is 12.8. The second kappa shape index (κ2) is 5.70. The molecule has 5 heteroatoms. The molecule has 1 aromatic heterocycles. The van der Waals surface area contributed by atoms with Gasteiger partial charge in [0.2, 0.25) is 5.91 Å². The standard InChI is InChI=1S/C14H17N3O2/c1-16(9-3-8-15)14(19)10-17-12-5-2-4-11(12)6-7-13(17)18/h6-7H,2-5,9-10H2,1H3. The molecule has 100 valence electrons. The summed E-state index contributed by atoms with van der Waals surface area (Å²) in [5, 5.41) is 8.51. The van der Waals surface area contributed by atoms with E-state index in [0.29, 0.717) is 13.0 Å². The van der Waals surface area contributed by atoms with Crippen molar-refractivity contribution >= 4 is 5.91 Å². The van der Waals surface area contributed by atoms with E-state index in [1.165, 1.54) is 16.5 Å². The number of rotatable bonds is 4. The third kappa shape index (κ3) is 2.84. The van der Waals surface area contributed by atoms with Crippen LogP contribution in [0, 0.1) is 11.3 Å². The fourth-order valence-electron chi connectivity index (χ4n) is 2.41. The lowest BCUT2D eigenvalue weighted by Crippen LogP contribution is -2.35. The van der Waals surface area contributed by atoms with Crippen LogP contribution in [0.2, 0.25) is 0 Å². The summed E-state index contributed by atoms with van der Waals surface area (Å²) < 4.78 is 1.58. The van der Waals surface area contributed by atoms with Crippen molar-refractivity contribution in [1.82, 2.24) is 9.47 Å². The first-order valence-electron chi connectivity index (χ1n) is 6.46. The Morgan fingerprint density at radius 3 is 3.00 bits per heavy atom. The van der Waals surface area contributed by atoms with Crippen LogP contribution in [0.1, 0.15) is 24.1 Å². The first-order chi connectivity index (χ1) is 9.13. The van der Waals surface area contributed by atoms with Gasteiger partial charge in [-0.25, -0.2) is 0 Å². The average molecular weight is 259 g/mol. The van der Waals surface area contributed by atoms with Gasteiger partial charge < -0.3 is 9.47 Å². The van der Waals surface area contributed by atoms with Crippen molar-refractivity contribution in [3.8, 4) is 6.07 Å². The highest BCUT2D eigenvalue weighted by Gasteiger charge is 2.18. The van der Waals surface area contributed by atoms with Gasteiger partial charge in [0.05, 0.1) is 12.5 Å². The van der Waals surface area contributed by atoms with Gasteiger partial charge >= 0.3 is 0 Å². The van der Waals surface area contributed by atoms with Gasteiger partial charge in [-0.2, -0.15) is 5.26 Å². The van der Waals surface area contributed by atoms with Crippen LogP contribution in [0.15, 0.2) is 16.9 Å². The number of aromatic nitrogens is 1. The van der Waals surface area contributed by atoms with E-state index in [1.807, 2.05) is 12.1 Å². The molecule has 1 heterocycles. The Bertz CT molecular complexity index is 583. The van der Waals surface area contributed by atoms with Gasteiger partial charge in [0.15, 0.2) is 0 Å². The fourth-order valence-corrected chi connectivity index (χ4v) is 2.41. The molecule has 0 saturated heterocycles. The molecule has 0 spiro atoms. The Morgan fingerprint density at radius 1 is 1.47 bits per heavy atom. The molecule has 0 aromatic carbocycles. The predicted molar refractivity (Wildman–Crippen MR) is 70.6 cm³/mol. The van der Waals surface area contributed by atoms with Gasteiger partial charge in [-0.05, 0) is 24.8 Å². The quantitative estimate of drug-likeness (QED) is 0.799. The molecular weight excluding hydrogens is 242 g/mol. The van der Waals surface area contributed by atoms with E-state index < -0.39 is 0 Å². The number of amides is 1. The third-order valence-electron chi connectivity index (χ3n) is 3.53. The van der Waals surface area contributed by atoms with Crippen molar-refractivity contribution in [1.29, 1.82) is 5.26 Å². The van der Waals surface area contributed by atoms with Crippen molar-refractivity contribution in [2.24, 2.45) is 0 Å². The number of hydrogen-bond acceptors (Lipinski definition) is 3. The summed E-state index contributed by atoms with van der Waals surface area (Å²) in [6.45, 7) is 0.475. The van der Waals surface area contributed by atoms with E-state index in [4.69, 9.17) is 5.26 Å². The molecule has 1 amide bonds. The van der Waals surface area contributed by atoms with Crippen LogP contribution in [0.25, 0.3) is 0 Å². The number of hydrogen-bond donors (Lipinski definition) is 0. The van der Waals surface area contributed by atoms with Crippen LogP contribution in [0.5, 0.6) is 0 Å². The molecule has 1 aliphatic carbocycles. The third-order valence-corrected chi connectivity index (χ3v) is 3.53. The Kier molecular flexibility index (Phi) is 4.00. The molecule has 0 fully saturated rings. The van der Waals surface area contributed by atoms with Gasteiger partial charge in [-0.3, -0.25) is 9.59 Å². The summed E-state index contributed by atoms with van der Waals surface area (Å²) in [6.07, 6.45) is 3.19. The molecule has 19 heavy (non-hydrogen) atoms. The highest BCUT2D eigenvalue weighted by Crippen LogP contribution is 2.19. The molecule has 2 rings (SSSR count). The van der Waals surface area contributed by atoms with Gasteiger partial charge in [0, 0.05) is 25.4 Å². The molecule has 0 aliphatic heterocycles. The van der Waals surface area contributed by atoms with Crippen LogP contribution in [-0.4, -0.2) is 29.0 Å². The second-order valence-electron chi connectivity index (χ2n) is 4.81. The van der Waals surface area contributed by atoms with Crippen molar-refractivity contribution in [3.63, 3.8) is 0 Å². The largest absolute Gasteiger partial charge is 0.343 e. The molecule has 5 nitrogen and oxygen atoms in total. The number of fused-ring (bicyclic) bond motifs is 1. The lowest BCUT2D eigenvalue weighted by Gasteiger charge is -2.18.